The van der Waals surface area contributed by atoms with Gasteiger partial charge in [0.05, 0.1) is 21.5 Å². The van der Waals surface area contributed by atoms with Crippen molar-refractivity contribution in [3.8, 4) is 5.69 Å². The molecule has 0 amide bonds. The van der Waals surface area contributed by atoms with Crippen LogP contribution in [0.15, 0.2) is 82.1 Å². The third-order valence-electron chi connectivity index (χ3n) is 4.39. The Bertz CT molecular complexity index is 1310. The summed E-state index contributed by atoms with van der Waals surface area (Å²) in [6.45, 7) is 0. The predicted molar refractivity (Wildman–Crippen MR) is 117 cm³/mol. The molecule has 0 saturated heterocycles. The summed E-state index contributed by atoms with van der Waals surface area (Å²) in [4.78, 5) is 28.4. The van der Waals surface area contributed by atoms with Crippen LogP contribution in [0.1, 0.15) is 11.4 Å². The quantitative estimate of drug-likeness (QED) is 0.317. The molecule has 0 aliphatic heterocycles. The fourth-order valence-corrected chi connectivity index (χ4v) is 3.28. The molecule has 0 saturated carbocycles. The Morgan fingerprint density at radius 3 is 2.48 bits per heavy atom. The molecular weight excluding hydrogens is 434 g/mol. The SMILES string of the molecule is O=c1c2ccccc2nc(/C=C\c2cccc([N+](=O)[O-])c2)n1-c1ccc(Br)cc1. The zero-order valence-corrected chi connectivity index (χ0v) is 16.6. The first-order chi connectivity index (χ1) is 14.0. The van der Waals surface area contributed by atoms with Crippen LogP contribution >= 0.6 is 15.9 Å². The number of halogens is 1. The van der Waals surface area contributed by atoms with Crippen molar-refractivity contribution in [2.45, 2.75) is 0 Å². The molecule has 4 rings (SSSR count). The van der Waals surface area contributed by atoms with E-state index >= 15 is 0 Å². The van der Waals surface area contributed by atoms with Crippen molar-refractivity contribution < 1.29 is 4.92 Å². The molecule has 7 heteroatoms. The van der Waals surface area contributed by atoms with Gasteiger partial charge in [0, 0.05) is 16.6 Å². The number of benzene rings is 3. The molecule has 6 nitrogen and oxygen atoms in total. The summed E-state index contributed by atoms with van der Waals surface area (Å²) in [5.41, 5.74) is 1.73. The Morgan fingerprint density at radius 1 is 0.966 bits per heavy atom. The summed E-state index contributed by atoms with van der Waals surface area (Å²) in [5.74, 6) is 0.433. The summed E-state index contributed by atoms with van der Waals surface area (Å²) in [6.07, 6.45) is 3.40. The molecule has 0 N–H and O–H groups in total. The monoisotopic (exact) mass is 447 g/mol. The lowest BCUT2D eigenvalue weighted by atomic mass is 10.2. The number of non-ortho nitro benzene ring substituents is 1. The van der Waals surface area contributed by atoms with Crippen LogP contribution in [0.4, 0.5) is 5.69 Å². The third-order valence-corrected chi connectivity index (χ3v) is 4.92. The van der Waals surface area contributed by atoms with E-state index in [4.69, 9.17) is 0 Å². The van der Waals surface area contributed by atoms with Gasteiger partial charge in [-0.3, -0.25) is 19.5 Å². The molecule has 0 aliphatic carbocycles. The van der Waals surface area contributed by atoms with Gasteiger partial charge in [0.15, 0.2) is 0 Å². The predicted octanol–water partition coefficient (Wildman–Crippen LogP) is 5.23. The van der Waals surface area contributed by atoms with E-state index in [2.05, 4.69) is 20.9 Å². The van der Waals surface area contributed by atoms with E-state index in [1.54, 1.807) is 42.5 Å². The lowest BCUT2D eigenvalue weighted by Gasteiger charge is -2.11. The Morgan fingerprint density at radius 2 is 1.72 bits per heavy atom. The van der Waals surface area contributed by atoms with E-state index in [1.165, 1.54) is 16.7 Å². The summed E-state index contributed by atoms with van der Waals surface area (Å²) >= 11 is 3.40. The van der Waals surface area contributed by atoms with Crippen LogP contribution in [0.3, 0.4) is 0 Å². The van der Waals surface area contributed by atoms with Crippen molar-refractivity contribution >= 4 is 44.7 Å². The van der Waals surface area contributed by atoms with E-state index in [-0.39, 0.29) is 11.2 Å². The highest BCUT2D eigenvalue weighted by atomic mass is 79.9. The zero-order valence-electron chi connectivity index (χ0n) is 15.0. The smallest absolute Gasteiger partial charge is 0.268 e. The van der Waals surface area contributed by atoms with E-state index in [0.717, 1.165) is 4.47 Å². The average Bonchev–Trinajstić information content (AvgIpc) is 2.73. The number of fused-ring (bicyclic) bond motifs is 1. The van der Waals surface area contributed by atoms with Gasteiger partial charge in [-0.2, -0.15) is 0 Å². The number of nitro groups is 1. The van der Waals surface area contributed by atoms with Gasteiger partial charge in [0.1, 0.15) is 5.82 Å². The molecular formula is C22H14BrN3O3. The summed E-state index contributed by atoms with van der Waals surface area (Å²) in [6, 6.07) is 20.8. The first-order valence-corrected chi connectivity index (χ1v) is 9.52. The van der Waals surface area contributed by atoms with Gasteiger partial charge in [-0.1, -0.05) is 46.3 Å². The highest BCUT2D eigenvalue weighted by Gasteiger charge is 2.11. The number of aromatic nitrogens is 2. The van der Waals surface area contributed by atoms with E-state index in [1.807, 2.05) is 30.3 Å². The second kappa shape index (κ2) is 7.81. The first kappa shape index (κ1) is 18.8. The second-order valence-corrected chi connectivity index (χ2v) is 7.21. The van der Waals surface area contributed by atoms with Crippen LogP contribution in [-0.4, -0.2) is 14.5 Å². The Hall–Kier alpha value is -3.58. The summed E-state index contributed by atoms with van der Waals surface area (Å²) < 4.78 is 2.43. The molecule has 0 fully saturated rings. The highest BCUT2D eigenvalue weighted by molar-refractivity contribution is 9.10. The molecule has 0 radical (unpaired) electrons. The van der Waals surface area contributed by atoms with Gasteiger partial charge >= 0.3 is 0 Å². The average molecular weight is 448 g/mol. The Kier molecular flexibility index (Phi) is 5.05. The number of nitro benzene ring substituents is 1. The molecule has 29 heavy (non-hydrogen) atoms. The third kappa shape index (κ3) is 3.86. The molecule has 0 atom stereocenters. The van der Waals surface area contributed by atoms with Gasteiger partial charge in [0.2, 0.25) is 0 Å². The molecule has 3 aromatic carbocycles. The second-order valence-electron chi connectivity index (χ2n) is 6.29. The van der Waals surface area contributed by atoms with Gasteiger partial charge in [-0.05, 0) is 48.0 Å². The van der Waals surface area contributed by atoms with Crippen molar-refractivity contribution in [1.29, 1.82) is 0 Å². The topological polar surface area (TPSA) is 78.0 Å². The molecule has 0 bridgehead atoms. The number of hydrogen-bond acceptors (Lipinski definition) is 4. The maximum absolute atomic E-state index is 13.2. The van der Waals surface area contributed by atoms with Crippen molar-refractivity contribution in [3.63, 3.8) is 0 Å². The van der Waals surface area contributed by atoms with Crippen LogP contribution < -0.4 is 5.56 Å². The number of para-hydroxylation sites is 1. The van der Waals surface area contributed by atoms with Gasteiger partial charge in [0.25, 0.3) is 11.2 Å². The largest absolute Gasteiger partial charge is 0.270 e. The van der Waals surface area contributed by atoms with Gasteiger partial charge in [-0.25, -0.2) is 4.98 Å². The summed E-state index contributed by atoms with van der Waals surface area (Å²) in [7, 11) is 0. The number of rotatable bonds is 4. The standard InChI is InChI=1S/C22H14BrN3O3/c23-16-9-11-17(12-10-16)25-21(24-20-7-2-1-6-19(20)22(25)27)13-8-15-4-3-5-18(14-15)26(28)29/h1-14H/b13-8-. The minimum atomic E-state index is -0.441. The Balaban J connectivity index is 1.90. The molecule has 0 spiro atoms. The van der Waals surface area contributed by atoms with Crippen LogP contribution in [0.2, 0.25) is 0 Å². The summed E-state index contributed by atoms with van der Waals surface area (Å²) in [5, 5.41) is 11.5. The maximum Gasteiger partial charge on any atom is 0.270 e. The minimum Gasteiger partial charge on any atom is -0.268 e. The zero-order chi connectivity index (χ0) is 20.4. The van der Waals surface area contributed by atoms with Crippen LogP contribution in [-0.2, 0) is 0 Å². The Labute approximate surface area is 174 Å². The molecule has 0 aliphatic rings. The van der Waals surface area contributed by atoms with Crippen LogP contribution in [0.25, 0.3) is 28.7 Å². The highest BCUT2D eigenvalue weighted by Crippen LogP contribution is 2.19. The van der Waals surface area contributed by atoms with Crippen molar-refractivity contribution in [2.24, 2.45) is 0 Å². The van der Waals surface area contributed by atoms with Gasteiger partial charge in [-0.15, -0.1) is 0 Å². The lowest BCUT2D eigenvalue weighted by molar-refractivity contribution is -0.384. The molecule has 1 aromatic heterocycles. The van der Waals surface area contributed by atoms with Crippen molar-refractivity contribution in [1.82, 2.24) is 9.55 Å². The fraction of sp³-hybridized carbons (Fsp3) is 0. The minimum absolute atomic E-state index is 0.00363. The maximum atomic E-state index is 13.2. The van der Waals surface area contributed by atoms with Crippen molar-refractivity contribution in [3.05, 3.63) is 109 Å². The van der Waals surface area contributed by atoms with Gasteiger partial charge < -0.3 is 0 Å². The molecule has 142 valence electrons. The lowest BCUT2D eigenvalue weighted by Crippen LogP contribution is -2.22. The van der Waals surface area contributed by atoms with Crippen molar-refractivity contribution in [2.75, 3.05) is 0 Å². The molecule has 0 unspecified atom stereocenters. The number of nitrogens with zero attached hydrogens (tertiary/aromatic N) is 3. The van der Waals surface area contributed by atoms with E-state index in [0.29, 0.717) is 28.0 Å². The first-order valence-electron chi connectivity index (χ1n) is 8.73. The number of hydrogen-bond donors (Lipinski definition) is 0. The molecule has 1 heterocycles. The van der Waals surface area contributed by atoms with E-state index in [9.17, 15) is 14.9 Å². The fourth-order valence-electron chi connectivity index (χ4n) is 3.01. The van der Waals surface area contributed by atoms with Crippen LogP contribution in [0.5, 0.6) is 0 Å². The molecule has 4 aromatic rings. The van der Waals surface area contributed by atoms with E-state index < -0.39 is 4.92 Å². The van der Waals surface area contributed by atoms with Crippen LogP contribution in [0, 0.1) is 10.1 Å². The normalized spacial score (nSPS) is 11.2.